The van der Waals surface area contributed by atoms with Gasteiger partial charge in [-0.2, -0.15) is 0 Å². The molecule has 0 saturated heterocycles. The van der Waals surface area contributed by atoms with Crippen LogP contribution in [-0.2, 0) is 32.6 Å². The Labute approximate surface area is 223 Å². The van der Waals surface area contributed by atoms with E-state index in [9.17, 15) is 8.42 Å². The van der Waals surface area contributed by atoms with Crippen molar-refractivity contribution in [1.29, 1.82) is 0 Å². The second-order valence-corrected chi connectivity index (χ2v) is 11.3. The summed E-state index contributed by atoms with van der Waals surface area (Å²) in [6, 6.07) is 17.7. The van der Waals surface area contributed by atoms with Crippen LogP contribution in [0.1, 0.15) is 16.8 Å². The first-order valence-electron chi connectivity index (χ1n) is 12.2. The zero-order valence-electron chi connectivity index (χ0n) is 21.8. The number of rotatable bonds is 13. The molecule has 38 heavy (non-hydrogen) atoms. The van der Waals surface area contributed by atoms with E-state index in [2.05, 4.69) is 15.3 Å². The lowest BCUT2D eigenvalue weighted by atomic mass is 10.1. The predicted molar refractivity (Wildman–Crippen MR) is 146 cm³/mol. The number of likely N-dealkylation sites (N-methyl/N-ethyl adjacent to an activating group) is 1. The smallest absolute Gasteiger partial charge is 0.214 e. The molecule has 0 fully saturated rings. The molecule has 0 atom stereocenters. The molecule has 0 aliphatic carbocycles. The van der Waals surface area contributed by atoms with Gasteiger partial charge in [0, 0.05) is 36.7 Å². The lowest BCUT2D eigenvalue weighted by Crippen LogP contribution is -2.33. The van der Waals surface area contributed by atoms with Gasteiger partial charge in [0.1, 0.15) is 34.3 Å². The van der Waals surface area contributed by atoms with Gasteiger partial charge in [0.15, 0.2) is 0 Å². The number of nitrogens with one attached hydrogen (secondary N) is 1. The quantitative estimate of drug-likeness (QED) is 0.347. The van der Waals surface area contributed by atoms with Gasteiger partial charge in [-0.05, 0) is 36.9 Å². The summed E-state index contributed by atoms with van der Waals surface area (Å²) in [5.74, 6) is 2.07. The Morgan fingerprint density at radius 3 is 2.53 bits per heavy atom. The molecule has 202 valence electrons. The van der Waals surface area contributed by atoms with Crippen molar-refractivity contribution in [3.8, 4) is 5.75 Å². The summed E-state index contributed by atoms with van der Waals surface area (Å²) in [5, 5.41) is 5.00. The maximum atomic E-state index is 11.4. The van der Waals surface area contributed by atoms with Crippen LogP contribution in [-0.4, -0.2) is 74.2 Å². The van der Waals surface area contributed by atoms with Crippen molar-refractivity contribution in [2.45, 2.75) is 13.2 Å². The van der Waals surface area contributed by atoms with E-state index >= 15 is 0 Å². The number of hydrogen-bond donors (Lipinski definition) is 1. The minimum absolute atomic E-state index is 0.111. The second-order valence-electron chi connectivity index (χ2n) is 9.00. The van der Waals surface area contributed by atoms with Crippen molar-refractivity contribution in [3.05, 3.63) is 83.6 Å². The summed E-state index contributed by atoms with van der Waals surface area (Å²) in [4.78, 5) is 16.7. The number of anilines is 2. The third kappa shape index (κ3) is 7.91. The van der Waals surface area contributed by atoms with E-state index in [0.29, 0.717) is 44.5 Å². The zero-order chi connectivity index (χ0) is 27.0. The first kappa shape index (κ1) is 27.4. The van der Waals surface area contributed by atoms with Crippen LogP contribution in [0, 0.1) is 0 Å². The van der Waals surface area contributed by atoms with Crippen molar-refractivity contribution in [2.75, 3.05) is 51.2 Å². The number of ether oxygens (including phenoxy) is 2. The highest BCUT2D eigenvalue weighted by molar-refractivity contribution is 7.90. The highest BCUT2D eigenvalue weighted by Gasteiger charge is 2.24. The molecule has 2 aromatic carbocycles. The molecule has 1 aliphatic rings. The fourth-order valence-electron chi connectivity index (χ4n) is 3.74. The lowest BCUT2D eigenvalue weighted by Gasteiger charge is -2.29. The van der Waals surface area contributed by atoms with E-state index in [1.165, 1.54) is 12.6 Å². The van der Waals surface area contributed by atoms with Crippen LogP contribution in [0.15, 0.2) is 66.8 Å². The average molecular weight is 540 g/mol. The summed E-state index contributed by atoms with van der Waals surface area (Å²) in [5.41, 5.74) is 3.58. The number of hydroxylamine groups is 2. The fraction of sp³-hybridized carbons (Fsp3) is 0.333. The Morgan fingerprint density at radius 1 is 1.05 bits per heavy atom. The van der Waals surface area contributed by atoms with E-state index in [1.54, 1.807) is 12.2 Å². The molecular formula is C27H33N5O5S. The van der Waals surface area contributed by atoms with Crippen molar-refractivity contribution in [1.82, 2.24) is 19.9 Å². The average Bonchev–Trinajstić information content (AvgIpc) is 2.91. The van der Waals surface area contributed by atoms with Gasteiger partial charge in [-0.3, -0.25) is 4.84 Å². The third-order valence-electron chi connectivity index (χ3n) is 5.91. The largest absolute Gasteiger partial charge is 0.489 e. The molecule has 0 radical (unpaired) electrons. The molecule has 10 nitrogen and oxygen atoms in total. The summed E-state index contributed by atoms with van der Waals surface area (Å²) >= 11 is 0. The van der Waals surface area contributed by atoms with Crippen LogP contribution in [0.25, 0.3) is 6.08 Å². The number of aromatic nitrogens is 2. The van der Waals surface area contributed by atoms with Gasteiger partial charge in [0.05, 0.1) is 31.7 Å². The van der Waals surface area contributed by atoms with E-state index in [1.807, 2.05) is 72.6 Å². The van der Waals surface area contributed by atoms with Crippen LogP contribution < -0.4 is 10.1 Å². The van der Waals surface area contributed by atoms with Crippen LogP contribution in [0.3, 0.4) is 0 Å². The molecule has 0 amide bonds. The minimum Gasteiger partial charge on any atom is -0.489 e. The maximum absolute atomic E-state index is 11.4. The molecule has 3 aromatic rings. The summed E-state index contributed by atoms with van der Waals surface area (Å²) in [6.45, 7) is 2.27. The number of methoxy groups -OCH3 is 1. The topological polar surface area (TPSA) is 106 Å². The molecule has 4 rings (SSSR count). The number of benzene rings is 2. The summed E-state index contributed by atoms with van der Waals surface area (Å²) in [7, 11) is 0.440. The number of nitrogens with zero attached hydrogens (tertiary/aromatic N) is 4. The molecule has 1 N–H and O–H groups in total. The normalized spacial score (nSPS) is 13.2. The van der Waals surface area contributed by atoms with Crippen molar-refractivity contribution < 1.29 is 22.7 Å². The highest BCUT2D eigenvalue weighted by atomic mass is 32.2. The van der Waals surface area contributed by atoms with Gasteiger partial charge in [-0.1, -0.05) is 30.3 Å². The third-order valence-corrected chi connectivity index (χ3v) is 6.84. The fourth-order valence-corrected chi connectivity index (χ4v) is 4.38. The Morgan fingerprint density at radius 2 is 1.82 bits per heavy atom. The van der Waals surface area contributed by atoms with Gasteiger partial charge in [0.2, 0.25) is 5.88 Å². The molecule has 1 aliphatic heterocycles. The lowest BCUT2D eigenvalue weighted by molar-refractivity contribution is -0.171. The molecule has 1 aromatic heterocycles. The van der Waals surface area contributed by atoms with Gasteiger partial charge < -0.3 is 19.7 Å². The molecule has 0 unspecified atom stereocenters. The number of hydrogen-bond acceptors (Lipinski definition) is 10. The maximum Gasteiger partial charge on any atom is 0.214 e. The predicted octanol–water partition coefficient (Wildman–Crippen LogP) is 3.47. The van der Waals surface area contributed by atoms with Crippen molar-refractivity contribution in [2.24, 2.45) is 0 Å². The minimum atomic E-state index is -3.00. The molecular weight excluding hydrogens is 506 g/mol. The van der Waals surface area contributed by atoms with Crippen molar-refractivity contribution >= 4 is 27.4 Å². The van der Waals surface area contributed by atoms with Crippen LogP contribution in [0.5, 0.6) is 5.75 Å². The molecule has 0 bridgehead atoms. The van der Waals surface area contributed by atoms with E-state index in [0.717, 1.165) is 28.3 Å². The Bertz CT molecular complexity index is 1330. The summed E-state index contributed by atoms with van der Waals surface area (Å²) in [6.07, 6.45) is 4.59. The molecule has 0 saturated carbocycles. The Kier molecular flexibility index (Phi) is 9.16. The Balaban J connectivity index is 1.35. The Hall–Kier alpha value is -3.67. The highest BCUT2D eigenvalue weighted by Crippen LogP contribution is 2.30. The van der Waals surface area contributed by atoms with Crippen LogP contribution >= 0.6 is 0 Å². The van der Waals surface area contributed by atoms with E-state index in [4.69, 9.17) is 14.3 Å². The van der Waals surface area contributed by atoms with Gasteiger partial charge >= 0.3 is 0 Å². The SMILES string of the molecule is COC1=Cc2c(ncnc2Nc2ccc(OCc3ccccc3)cc2)CN1OCCN(C)CCS(C)(=O)=O. The molecule has 11 heteroatoms. The first-order valence-corrected chi connectivity index (χ1v) is 14.3. The second kappa shape index (κ2) is 12.7. The molecule has 2 heterocycles. The monoisotopic (exact) mass is 539 g/mol. The van der Waals surface area contributed by atoms with Gasteiger partial charge in [-0.25, -0.2) is 23.4 Å². The van der Waals surface area contributed by atoms with E-state index < -0.39 is 9.84 Å². The summed E-state index contributed by atoms with van der Waals surface area (Å²) < 4.78 is 34.2. The van der Waals surface area contributed by atoms with E-state index in [-0.39, 0.29) is 5.75 Å². The first-order chi connectivity index (χ1) is 18.3. The standard InChI is InChI=1S/C27H33N5O5S/c1-31(14-16-38(3,33)34)13-15-37-32-18-25-24(17-26(32)35-2)27(29-20-28-25)30-22-9-11-23(12-10-22)36-19-21-7-5-4-6-8-21/h4-12,17,20H,13-16,18-19H2,1-3H3,(H,28,29,30). The van der Waals surface area contributed by atoms with Crippen LogP contribution in [0.2, 0.25) is 0 Å². The number of sulfone groups is 1. The zero-order valence-corrected chi connectivity index (χ0v) is 22.6. The van der Waals surface area contributed by atoms with Gasteiger partial charge in [-0.15, -0.1) is 0 Å². The van der Waals surface area contributed by atoms with Crippen molar-refractivity contribution in [3.63, 3.8) is 0 Å². The van der Waals surface area contributed by atoms with Crippen LogP contribution in [0.4, 0.5) is 11.5 Å². The number of fused-ring (bicyclic) bond motifs is 1. The van der Waals surface area contributed by atoms with Gasteiger partial charge in [0.25, 0.3) is 0 Å². The molecule has 0 spiro atoms.